The first-order valence-corrected chi connectivity index (χ1v) is 7.68. The van der Waals surface area contributed by atoms with E-state index in [1.807, 2.05) is 11.8 Å². The molecule has 0 bridgehead atoms. The number of aromatic nitrogens is 1. The molecule has 1 rings (SSSR count). The quantitative estimate of drug-likeness (QED) is 0.573. The Morgan fingerprint density at radius 2 is 2.25 bits per heavy atom. The van der Waals surface area contributed by atoms with Gasteiger partial charge < -0.3 is 4.74 Å². The summed E-state index contributed by atoms with van der Waals surface area (Å²) in [4.78, 5) is 18.2. The molecule has 112 valence electrons. The van der Waals surface area contributed by atoms with Crippen molar-refractivity contribution in [1.82, 2.24) is 9.88 Å². The van der Waals surface area contributed by atoms with E-state index >= 15 is 0 Å². The number of rotatable bonds is 7. The number of thiazole rings is 1. The predicted molar refractivity (Wildman–Crippen MR) is 82.9 cm³/mol. The molecular formula is C15H24N2O2S. The molecule has 4 nitrogen and oxygen atoms in total. The average Bonchev–Trinajstić information content (AvgIpc) is 2.77. The molecule has 0 atom stereocenters. The summed E-state index contributed by atoms with van der Waals surface area (Å²) in [5, 5.41) is 3.17. The van der Waals surface area contributed by atoms with Gasteiger partial charge in [-0.05, 0) is 6.92 Å². The van der Waals surface area contributed by atoms with Gasteiger partial charge in [-0.25, -0.2) is 4.98 Å². The monoisotopic (exact) mass is 296 g/mol. The zero-order valence-corrected chi connectivity index (χ0v) is 13.6. The summed E-state index contributed by atoms with van der Waals surface area (Å²) in [6.45, 7) is 13.9. The van der Waals surface area contributed by atoms with Gasteiger partial charge in [0.1, 0.15) is 0 Å². The van der Waals surface area contributed by atoms with Crippen LogP contribution in [0.2, 0.25) is 0 Å². The van der Waals surface area contributed by atoms with E-state index in [1.54, 1.807) is 17.4 Å². The van der Waals surface area contributed by atoms with Gasteiger partial charge in [-0.2, -0.15) is 0 Å². The van der Waals surface area contributed by atoms with Crippen molar-refractivity contribution in [2.24, 2.45) is 0 Å². The fraction of sp³-hybridized carbons (Fsp3) is 0.600. The van der Waals surface area contributed by atoms with Gasteiger partial charge in [-0.15, -0.1) is 17.9 Å². The maximum absolute atomic E-state index is 11.6. The van der Waals surface area contributed by atoms with Crippen LogP contribution in [0.25, 0.3) is 0 Å². The smallest absolute Gasteiger partial charge is 0.320 e. The molecule has 1 aromatic heterocycles. The van der Waals surface area contributed by atoms with E-state index < -0.39 is 0 Å². The van der Waals surface area contributed by atoms with Crippen LogP contribution >= 0.6 is 11.3 Å². The van der Waals surface area contributed by atoms with E-state index in [0.717, 1.165) is 10.7 Å². The third-order valence-electron chi connectivity index (χ3n) is 2.62. The Kier molecular flexibility index (Phi) is 6.36. The molecule has 0 aliphatic rings. The Hall–Kier alpha value is -1.20. The first-order chi connectivity index (χ1) is 9.36. The van der Waals surface area contributed by atoms with Gasteiger partial charge in [-0.3, -0.25) is 9.69 Å². The van der Waals surface area contributed by atoms with Crippen LogP contribution in [-0.2, 0) is 21.5 Å². The molecular weight excluding hydrogens is 272 g/mol. The summed E-state index contributed by atoms with van der Waals surface area (Å²) in [6.07, 6.45) is 1.79. The third-order valence-corrected chi connectivity index (χ3v) is 3.94. The summed E-state index contributed by atoms with van der Waals surface area (Å²) < 4.78 is 4.98. The average molecular weight is 296 g/mol. The molecule has 0 unspecified atom stereocenters. The molecule has 0 aliphatic heterocycles. The molecule has 0 N–H and O–H groups in total. The third kappa shape index (κ3) is 5.43. The van der Waals surface area contributed by atoms with Gasteiger partial charge in [0.2, 0.25) is 0 Å². The van der Waals surface area contributed by atoms with Crippen LogP contribution in [0.4, 0.5) is 0 Å². The number of carbonyl (C=O) groups excluding carboxylic acids is 1. The Bertz CT molecular complexity index is 449. The molecule has 0 saturated carbocycles. The number of hydrogen-bond acceptors (Lipinski definition) is 5. The van der Waals surface area contributed by atoms with Gasteiger partial charge in [-0.1, -0.05) is 26.8 Å². The lowest BCUT2D eigenvalue weighted by atomic mass is 9.98. The molecule has 0 spiro atoms. The molecule has 5 heteroatoms. The van der Waals surface area contributed by atoms with Gasteiger partial charge >= 0.3 is 5.97 Å². The van der Waals surface area contributed by atoms with Crippen LogP contribution in [0.1, 0.15) is 38.4 Å². The molecule has 0 saturated heterocycles. The van der Waals surface area contributed by atoms with E-state index in [2.05, 4.69) is 37.7 Å². The van der Waals surface area contributed by atoms with Crippen molar-refractivity contribution in [3.8, 4) is 0 Å². The number of esters is 1. The van der Waals surface area contributed by atoms with Gasteiger partial charge in [0.05, 0.1) is 23.9 Å². The fourth-order valence-electron chi connectivity index (χ4n) is 1.71. The van der Waals surface area contributed by atoms with Crippen molar-refractivity contribution in [2.45, 2.75) is 39.7 Å². The lowest BCUT2D eigenvalue weighted by Crippen LogP contribution is -2.31. The van der Waals surface area contributed by atoms with Crippen molar-refractivity contribution < 1.29 is 9.53 Å². The maximum atomic E-state index is 11.6. The Balaban J connectivity index is 2.68. The summed E-state index contributed by atoms with van der Waals surface area (Å²) >= 11 is 1.67. The Morgan fingerprint density at radius 1 is 1.55 bits per heavy atom. The summed E-state index contributed by atoms with van der Waals surface area (Å²) in [5.41, 5.74) is 1.05. The lowest BCUT2D eigenvalue weighted by molar-refractivity contribution is -0.144. The molecule has 0 amide bonds. The second-order valence-electron chi connectivity index (χ2n) is 5.66. The first-order valence-electron chi connectivity index (χ1n) is 6.80. The van der Waals surface area contributed by atoms with Crippen LogP contribution in [0.3, 0.4) is 0 Å². The highest BCUT2D eigenvalue weighted by Gasteiger charge is 2.19. The maximum Gasteiger partial charge on any atom is 0.320 e. The molecule has 20 heavy (non-hydrogen) atoms. The van der Waals surface area contributed by atoms with Gasteiger partial charge in [0, 0.05) is 23.9 Å². The highest BCUT2D eigenvalue weighted by atomic mass is 32.1. The fourth-order valence-corrected chi connectivity index (χ4v) is 2.61. The molecule has 0 aliphatic carbocycles. The second-order valence-corrected chi connectivity index (χ2v) is 6.52. The second kappa shape index (κ2) is 7.55. The number of carbonyl (C=O) groups is 1. The largest absolute Gasteiger partial charge is 0.465 e. The predicted octanol–water partition coefficient (Wildman–Crippen LogP) is 2.99. The lowest BCUT2D eigenvalue weighted by Gasteiger charge is -2.18. The van der Waals surface area contributed by atoms with Gasteiger partial charge in [0.25, 0.3) is 0 Å². The number of nitrogens with zero attached hydrogens (tertiary/aromatic N) is 2. The zero-order valence-electron chi connectivity index (χ0n) is 12.8. The molecule has 1 aromatic rings. The van der Waals surface area contributed by atoms with Gasteiger partial charge in [0.15, 0.2) is 0 Å². The van der Waals surface area contributed by atoms with Crippen LogP contribution < -0.4 is 0 Å². The molecule has 1 heterocycles. The van der Waals surface area contributed by atoms with Crippen molar-refractivity contribution >= 4 is 17.3 Å². The van der Waals surface area contributed by atoms with Crippen molar-refractivity contribution in [1.29, 1.82) is 0 Å². The Labute approximate surface area is 125 Å². The topological polar surface area (TPSA) is 42.4 Å². The minimum atomic E-state index is -0.208. The van der Waals surface area contributed by atoms with Crippen molar-refractivity contribution in [3.05, 3.63) is 28.7 Å². The normalized spacial score (nSPS) is 11.7. The SMILES string of the molecule is C=CCN(CC(=O)OCC)Cc1csc(C(C)(C)C)n1. The molecule has 0 fully saturated rings. The standard InChI is InChI=1S/C15H24N2O2S/c1-6-8-17(10-13(18)19-7-2)9-12-11-20-14(16-12)15(3,4)5/h6,11H,1,7-10H2,2-5H3. The first kappa shape index (κ1) is 16.9. The summed E-state index contributed by atoms with van der Waals surface area (Å²) in [6, 6.07) is 0. The minimum Gasteiger partial charge on any atom is -0.465 e. The summed E-state index contributed by atoms with van der Waals surface area (Å²) in [5.74, 6) is -0.208. The van der Waals surface area contributed by atoms with E-state index in [1.165, 1.54) is 0 Å². The Morgan fingerprint density at radius 3 is 2.75 bits per heavy atom. The van der Waals surface area contributed by atoms with Crippen LogP contribution in [0, 0.1) is 0 Å². The highest BCUT2D eigenvalue weighted by molar-refractivity contribution is 7.09. The van der Waals surface area contributed by atoms with Crippen molar-refractivity contribution in [3.63, 3.8) is 0 Å². The number of hydrogen-bond donors (Lipinski definition) is 0. The van der Waals surface area contributed by atoms with E-state index in [4.69, 9.17) is 4.74 Å². The van der Waals surface area contributed by atoms with Crippen LogP contribution in [-0.4, -0.2) is 35.5 Å². The van der Waals surface area contributed by atoms with E-state index in [0.29, 0.717) is 19.7 Å². The van der Waals surface area contributed by atoms with E-state index in [9.17, 15) is 4.79 Å². The minimum absolute atomic E-state index is 0.0628. The van der Waals surface area contributed by atoms with Crippen LogP contribution in [0.15, 0.2) is 18.0 Å². The highest BCUT2D eigenvalue weighted by Crippen LogP contribution is 2.25. The van der Waals surface area contributed by atoms with Crippen LogP contribution in [0.5, 0.6) is 0 Å². The molecule has 0 radical (unpaired) electrons. The van der Waals surface area contributed by atoms with E-state index in [-0.39, 0.29) is 17.9 Å². The van der Waals surface area contributed by atoms with Crippen molar-refractivity contribution in [2.75, 3.05) is 19.7 Å². The number of ether oxygens (including phenoxy) is 1. The molecule has 0 aromatic carbocycles. The summed E-state index contributed by atoms with van der Waals surface area (Å²) in [7, 11) is 0. The zero-order chi connectivity index (χ0) is 15.2.